The molecule has 0 aliphatic carbocycles. The van der Waals surface area contributed by atoms with Gasteiger partial charge in [-0.2, -0.15) is 0 Å². The molecule has 1 unspecified atom stereocenters. The van der Waals surface area contributed by atoms with E-state index in [9.17, 15) is 14.9 Å². The Balaban J connectivity index is 2.31. The molecule has 0 fully saturated rings. The number of carboxylic acid groups (broad SMARTS) is 1. The SMILES string of the molecule is CCC(CCNc1ncc([N+](=O)[O-])s1)CCC(=O)O. The van der Waals surface area contributed by atoms with Gasteiger partial charge in [-0.25, -0.2) is 4.98 Å². The molecule has 0 aliphatic rings. The summed E-state index contributed by atoms with van der Waals surface area (Å²) in [5.74, 6) is -0.430. The molecule has 7 nitrogen and oxygen atoms in total. The Hall–Kier alpha value is -1.70. The van der Waals surface area contributed by atoms with Gasteiger partial charge in [0.2, 0.25) is 0 Å². The average molecular weight is 287 g/mol. The number of nitrogens with zero attached hydrogens (tertiary/aromatic N) is 2. The van der Waals surface area contributed by atoms with E-state index in [4.69, 9.17) is 5.11 Å². The first kappa shape index (κ1) is 15.4. The largest absolute Gasteiger partial charge is 0.481 e. The second kappa shape index (κ2) is 7.67. The number of aliphatic carboxylic acids is 1. The van der Waals surface area contributed by atoms with Crippen LogP contribution in [0.2, 0.25) is 0 Å². The number of hydrogen-bond acceptors (Lipinski definition) is 6. The summed E-state index contributed by atoms with van der Waals surface area (Å²) in [7, 11) is 0. The monoisotopic (exact) mass is 287 g/mol. The fraction of sp³-hybridized carbons (Fsp3) is 0.636. The van der Waals surface area contributed by atoms with E-state index in [0.717, 1.165) is 24.2 Å². The summed E-state index contributed by atoms with van der Waals surface area (Å²) in [5, 5.41) is 22.7. The zero-order chi connectivity index (χ0) is 14.3. The molecular formula is C11H17N3O4S. The minimum atomic E-state index is -0.776. The molecule has 0 aliphatic heterocycles. The van der Waals surface area contributed by atoms with Crippen molar-refractivity contribution in [3.8, 4) is 0 Å². The van der Waals surface area contributed by atoms with E-state index in [1.807, 2.05) is 6.92 Å². The summed E-state index contributed by atoms with van der Waals surface area (Å²) in [5.41, 5.74) is 0. The Bertz CT molecular complexity index is 435. The molecule has 1 aromatic rings. The van der Waals surface area contributed by atoms with E-state index in [-0.39, 0.29) is 11.4 Å². The highest BCUT2D eigenvalue weighted by molar-refractivity contribution is 7.18. The Morgan fingerprint density at radius 2 is 2.37 bits per heavy atom. The molecule has 0 saturated carbocycles. The van der Waals surface area contributed by atoms with Gasteiger partial charge in [-0.05, 0) is 30.1 Å². The van der Waals surface area contributed by atoms with E-state index in [0.29, 0.717) is 24.0 Å². The quantitative estimate of drug-likeness (QED) is 0.534. The third-order valence-electron chi connectivity index (χ3n) is 2.85. The van der Waals surface area contributed by atoms with Gasteiger partial charge in [0, 0.05) is 13.0 Å². The van der Waals surface area contributed by atoms with Crippen molar-refractivity contribution in [2.45, 2.75) is 32.6 Å². The summed E-state index contributed by atoms with van der Waals surface area (Å²) in [4.78, 5) is 24.4. The molecular weight excluding hydrogens is 270 g/mol. The number of carbonyl (C=O) groups is 1. The molecule has 19 heavy (non-hydrogen) atoms. The summed E-state index contributed by atoms with van der Waals surface area (Å²) in [6.07, 6.45) is 3.83. The first-order valence-corrected chi connectivity index (χ1v) is 6.90. The molecule has 0 aromatic carbocycles. The van der Waals surface area contributed by atoms with Crippen LogP contribution in [-0.2, 0) is 4.79 Å². The second-order valence-corrected chi connectivity index (χ2v) is 5.19. The van der Waals surface area contributed by atoms with Crippen LogP contribution in [0.25, 0.3) is 0 Å². The highest BCUT2D eigenvalue weighted by Crippen LogP contribution is 2.25. The molecule has 106 valence electrons. The van der Waals surface area contributed by atoms with Crippen LogP contribution in [0.1, 0.15) is 32.6 Å². The third-order valence-corrected chi connectivity index (χ3v) is 3.75. The lowest BCUT2D eigenvalue weighted by atomic mass is 9.97. The fourth-order valence-corrected chi connectivity index (χ4v) is 2.35. The van der Waals surface area contributed by atoms with Crippen LogP contribution in [0, 0.1) is 16.0 Å². The number of carboxylic acids is 1. The van der Waals surface area contributed by atoms with Gasteiger partial charge in [0.05, 0.1) is 4.92 Å². The minimum absolute atomic E-state index is 0.0143. The molecule has 2 N–H and O–H groups in total. The Morgan fingerprint density at radius 1 is 1.63 bits per heavy atom. The van der Waals surface area contributed by atoms with Crippen molar-refractivity contribution >= 4 is 27.4 Å². The number of aromatic nitrogens is 1. The van der Waals surface area contributed by atoms with Gasteiger partial charge in [-0.15, -0.1) is 0 Å². The molecule has 1 heterocycles. The van der Waals surface area contributed by atoms with E-state index in [1.54, 1.807) is 0 Å². The van der Waals surface area contributed by atoms with Gasteiger partial charge in [-0.1, -0.05) is 13.3 Å². The Kier molecular flexibility index (Phi) is 6.20. The van der Waals surface area contributed by atoms with Crippen molar-refractivity contribution in [3.05, 3.63) is 16.3 Å². The summed E-state index contributed by atoms with van der Waals surface area (Å²) in [6, 6.07) is 0. The van der Waals surface area contributed by atoms with Crippen LogP contribution < -0.4 is 5.32 Å². The lowest BCUT2D eigenvalue weighted by Gasteiger charge is -2.13. The van der Waals surface area contributed by atoms with Crippen molar-refractivity contribution in [1.82, 2.24) is 4.98 Å². The predicted molar refractivity (Wildman–Crippen MR) is 72.5 cm³/mol. The van der Waals surface area contributed by atoms with Gasteiger partial charge in [0.15, 0.2) is 5.13 Å². The highest BCUT2D eigenvalue weighted by atomic mass is 32.1. The van der Waals surface area contributed by atoms with Crippen LogP contribution in [-0.4, -0.2) is 27.5 Å². The first-order valence-electron chi connectivity index (χ1n) is 6.08. The average Bonchev–Trinajstić information content (AvgIpc) is 2.82. The summed E-state index contributed by atoms with van der Waals surface area (Å²) in [6.45, 7) is 2.67. The number of nitrogens with one attached hydrogen (secondary N) is 1. The number of thiazole rings is 1. The van der Waals surface area contributed by atoms with Gasteiger partial charge in [0.25, 0.3) is 0 Å². The lowest BCUT2D eigenvalue weighted by molar-refractivity contribution is -0.380. The zero-order valence-electron chi connectivity index (χ0n) is 10.7. The maximum Gasteiger partial charge on any atom is 0.345 e. The number of rotatable bonds is 9. The fourth-order valence-electron chi connectivity index (χ4n) is 1.70. The third kappa shape index (κ3) is 5.64. The van der Waals surface area contributed by atoms with Crippen molar-refractivity contribution < 1.29 is 14.8 Å². The normalized spacial score (nSPS) is 12.1. The second-order valence-electron chi connectivity index (χ2n) is 4.18. The predicted octanol–water partition coefficient (Wildman–Crippen LogP) is 2.74. The Labute approximate surface area is 114 Å². The van der Waals surface area contributed by atoms with Crippen molar-refractivity contribution in [1.29, 1.82) is 0 Å². The smallest absolute Gasteiger partial charge is 0.345 e. The zero-order valence-corrected chi connectivity index (χ0v) is 11.5. The van der Waals surface area contributed by atoms with Crippen LogP contribution in [0.4, 0.5) is 10.1 Å². The molecule has 1 aromatic heterocycles. The van der Waals surface area contributed by atoms with Gasteiger partial charge >= 0.3 is 11.0 Å². The molecule has 1 atom stereocenters. The van der Waals surface area contributed by atoms with Crippen LogP contribution in [0.5, 0.6) is 0 Å². The van der Waals surface area contributed by atoms with Crippen LogP contribution in [0.3, 0.4) is 0 Å². The number of anilines is 1. The molecule has 8 heteroatoms. The van der Waals surface area contributed by atoms with Crippen LogP contribution in [0.15, 0.2) is 6.20 Å². The molecule has 0 radical (unpaired) electrons. The Morgan fingerprint density at radius 3 is 2.89 bits per heavy atom. The van der Waals surface area contributed by atoms with Crippen LogP contribution >= 0.6 is 11.3 Å². The van der Waals surface area contributed by atoms with Crippen molar-refractivity contribution in [2.75, 3.05) is 11.9 Å². The van der Waals surface area contributed by atoms with E-state index >= 15 is 0 Å². The molecule has 0 bridgehead atoms. The van der Waals surface area contributed by atoms with E-state index < -0.39 is 10.9 Å². The van der Waals surface area contributed by atoms with Gasteiger partial charge in [-0.3, -0.25) is 14.9 Å². The summed E-state index contributed by atoms with van der Waals surface area (Å²) < 4.78 is 0. The lowest BCUT2D eigenvalue weighted by Crippen LogP contribution is -2.10. The van der Waals surface area contributed by atoms with Gasteiger partial charge < -0.3 is 10.4 Å². The standard InChI is InChI=1S/C11H17N3O4S/c1-2-8(3-4-10(15)16)5-6-12-11-13-7-9(19-11)14(17)18/h7-8H,2-6H2,1H3,(H,12,13)(H,15,16). The molecule has 0 spiro atoms. The van der Waals surface area contributed by atoms with Crippen molar-refractivity contribution in [2.24, 2.45) is 5.92 Å². The molecule has 0 amide bonds. The van der Waals surface area contributed by atoms with E-state index in [2.05, 4.69) is 10.3 Å². The maximum absolute atomic E-state index is 10.5. The number of hydrogen-bond donors (Lipinski definition) is 2. The molecule has 1 rings (SSSR count). The topological polar surface area (TPSA) is 105 Å². The minimum Gasteiger partial charge on any atom is -0.481 e. The summed E-state index contributed by atoms with van der Waals surface area (Å²) >= 11 is 1.00. The molecule has 0 saturated heterocycles. The van der Waals surface area contributed by atoms with Crippen molar-refractivity contribution in [3.63, 3.8) is 0 Å². The van der Waals surface area contributed by atoms with E-state index in [1.165, 1.54) is 6.20 Å². The van der Waals surface area contributed by atoms with Gasteiger partial charge in [0.1, 0.15) is 6.20 Å². The number of nitro groups is 1. The maximum atomic E-state index is 10.5. The highest BCUT2D eigenvalue weighted by Gasteiger charge is 2.12. The first-order chi connectivity index (χ1) is 9.02.